The summed E-state index contributed by atoms with van der Waals surface area (Å²) in [4.78, 5) is 15.7. The van der Waals surface area contributed by atoms with Crippen LogP contribution in [0.1, 0.15) is 29.6 Å². The van der Waals surface area contributed by atoms with E-state index in [1.54, 1.807) is 0 Å². The first-order valence-electron chi connectivity index (χ1n) is 5.80. The molecule has 9 heteroatoms. The fraction of sp³-hybridized carbons (Fsp3) is 0.455. The van der Waals surface area contributed by atoms with Crippen molar-refractivity contribution in [3.05, 3.63) is 22.3 Å². The number of unbranched alkanes of at least 4 members (excludes halogenated alkanes) is 1. The zero-order valence-electron chi connectivity index (χ0n) is 10.4. The summed E-state index contributed by atoms with van der Waals surface area (Å²) in [6, 6.07) is 1.52. The number of rotatable bonds is 6. The first-order chi connectivity index (χ1) is 9.33. The predicted octanol–water partition coefficient (Wildman–Crippen LogP) is 2.59. The summed E-state index contributed by atoms with van der Waals surface area (Å²) in [6.07, 6.45) is -3.32. The van der Waals surface area contributed by atoms with Crippen LogP contribution in [0, 0.1) is 0 Å². The largest absolute Gasteiger partial charge is 0.389 e. The van der Waals surface area contributed by atoms with E-state index in [2.05, 4.69) is 31.7 Å². The van der Waals surface area contributed by atoms with E-state index in [1.807, 2.05) is 0 Å². The number of halogens is 4. The summed E-state index contributed by atoms with van der Waals surface area (Å²) in [5, 5.41) is 2.52. The van der Waals surface area contributed by atoms with Gasteiger partial charge in [0.15, 0.2) is 5.82 Å². The Bertz CT molecular complexity index is 467. The van der Waals surface area contributed by atoms with Gasteiger partial charge in [0.05, 0.1) is 5.56 Å². The molecule has 1 amide bonds. The molecule has 0 unspecified atom stereocenters. The topological polar surface area (TPSA) is 80.0 Å². The predicted molar refractivity (Wildman–Crippen MR) is 72.0 cm³/mol. The molecule has 5 nitrogen and oxygen atoms in total. The number of alkyl halides is 3. The van der Waals surface area contributed by atoms with Gasteiger partial charge in [0.25, 0.3) is 5.91 Å². The van der Waals surface area contributed by atoms with E-state index in [0.717, 1.165) is 0 Å². The van der Waals surface area contributed by atoms with Gasteiger partial charge in [-0.2, -0.15) is 13.2 Å². The van der Waals surface area contributed by atoms with Crippen LogP contribution in [0.25, 0.3) is 0 Å². The molecule has 1 heterocycles. The van der Waals surface area contributed by atoms with Crippen molar-refractivity contribution in [2.24, 2.45) is 5.84 Å². The molecule has 1 aromatic heterocycles. The molecule has 1 rings (SSSR count). The number of amides is 1. The van der Waals surface area contributed by atoms with Gasteiger partial charge >= 0.3 is 6.18 Å². The lowest BCUT2D eigenvalue weighted by Gasteiger charge is -2.10. The van der Waals surface area contributed by atoms with E-state index in [-0.39, 0.29) is 30.8 Å². The Kier molecular flexibility index (Phi) is 6.21. The van der Waals surface area contributed by atoms with Crippen molar-refractivity contribution in [1.82, 2.24) is 10.3 Å². The summed E-state index contributed by atoms with van der Waals surface area (Å²) in [6.45, 7) is 0.158. The summed E-state index contributed by atoms with van der Waals surface area (Å²) in [7, 11) is 0. The molecule has 1 aromatic rings. The standard InChI is InChI=1S/C11H14BrF3N4O/c12-7-5-8(9(19-16)18-6-7)10(20)17-4-2-1-3-11(13,14)15/h5-6H,1-4,16H2,(H,17,20)(H,18,19). The molecule has 0 aromatic carbocycles. The number of nitrogen functional groups attached to an aromatic ring is 1. The van der Waals surface area contributed by atoms with E-state index in [0.29, 0.717) is 4.47 Å². The minimum atomic E-state index is -4.16. The average Bonchev–Trinajstić information content (AvgIpc) is 2.36. The van der Waals surface area contributed by atoms with Crippen molar-refractivity contribution in [3.8, 4) is 0 Å². The van der Waals surface area contributed by atoms with Crippen molar-refractivity contribution in [1.29, 1.82) is 0 Å². The first kappa shape index (κ1) is 16.7. The number of hydrogen-bond donors (Lipinski definition) is 3. The molecule has 0 saturated carbocycles. The normalized spacial score (nSPS) is 11.2. The summed E-state index contributed by atoms with van der Waals surface area (Å²) in [5.41, 5.74) is 2.50. The van der Waals surface area contributed by atoms with Crippen molar-refractivity contribution >= 4 is 27.7 Å². The van der Waals surface area contributed by atoms with Gasteiger partial charge in [0.1, 0.15) is 0 Å². The molecular formula is C11H14BrF3N4O. The summed E-state index contributed by atoms with van der Waals surface area (Å²) < 4.78 is 36.4. The fourth-order valence-corrected chi connectivity index (χ4v) is 1.81. The van der Waals surface area contributed by atoms with E-state index in [9.17, 15) is 18.0 Å². The Morgan fingerprint density at radius 2 is 2.10 bits per heavy atom. The molecule has 0 spiro atoms. The number of carbonyl (C=O) groups is 1. The monoisotopic (exact) mass is 354 g/mol. The average molecular weight is 355 g/mol. The first-order valence-corrected chi connectivity index (χ1v) is 6.60. The Morgan fingerprint density at radius 3 is 2.70 bits per heavy atom. The lowest BCUT2D eigenvalue weighted by Crippen LogP contribution is -2.26. The SMILES string of the molecule is NNc1ncc(Br)cc1C(=O)NCCCCC(F)(F)F. The minimum Gasteiger partial charge on any atom is -0.352 e. The summed E-state index contributed by atoms with van der Waals surface area (Å²) >= 11 is 3.17. The van der Waals surface area contributed by atoms with Crippen molar-refractivity contribution in [2.75, 3.05) is 12.0 Å². The van der Waals surface area contributed by atoms with E-state index in [4.69, 9.17) is 5.84 Å². The third kappa shape index (κ3) is 5.74. The van der Waals surface area contributed by atoms with Crippen LogP contribution in [-0.4, -0.2) is 23.6 Å². The molecule has 0 aliphatic heterocycles. The Balaban J connectivity index is 2.45. The number of carbonyl (C=O) groups excluding carboxylic acids is 1. The van der Waals surface area contributed by atoms with Crippen LogP contribution in [0.3, 0.4) is 0 Å². The van der Waals surface area contributed by atoms with Crippen LogP contribution in [0.5, 0.6) is 0 Å². The van der Waals surface area contributed by atoms with Gasteiger partial charge in [-0.25, -0.2) is 10.8 Å². The molecule has 0 bridgehead atoms. The molecule has 0 aliphatic rings. The zero-order valence-corrected chi connectivity index (χ0v) is 12.0. The van der Waals surface area contributed by atoms with E-state index >= 15 is 0 Å². The maximum atomic E-state index is 11.9. The van der Waals surface area contributed by atoms with Crippen LogP contribution in [-0.2, 0) is 0 Å². The van der Waals surface area contributed by atoms with Crippen molar-refractivity contribution < 1.29 is 18.0 Å². The fourth-order valence-electron chi connectivity index (χ4n) is 1.47. The number of aromatic nitrogens is 1. The van der Waals surface area contributed by atoms with Crippen LogP contribution in [0.4, 0.5) is 19.0 Å². The van der Waals surface area contributed by atoms with Crippen LogP contribution in [0.2, 0.25) is 0 Å². The van der Waals surface area contributed by atoms with Gasteiger partial charge in [-0.3, -0.25) is 4.79 Å². The zero-order chi connectivity index (χ0) is 15.2. The third-order valence-electron chi connectivity index (χ3n) is 2.41. The van der Waals surface area contributed by atoms with Gasteiger partial charge in [-0.1, -0.05) is 0 Å². The molecule has 0 atom stereocenters. The highest BCUT2D eigenvalue weighted by Crippen LogP contribution is 2.22. The second-order valence-corrected chi connectivity index (χ2v) is 4.94. The maximum absolute atomic E-state index is 11.9. The molecule has 0 saturated heterocycles. The molecule has 4 N–H and O–H groups in total. The number of anilines is 1. The lowest BCUT2D eigenvalue weighted by molar-refractivity contribution is -0.135. The number of nitrogens with two attached hydrogens (primary N) is 1. The van der Waals surface area contributed by atoms with Gasteiger partial charge in [-0.05, 0) is 34.8 Å². The molecule has 0 aliphatic carbocycles. The Hall–Kier alpha value is -1.35. The smallest absolute Gasteiger partial charge is 0.352 e. The summed E-state index contributed by atoms with van der Waals surface area (Å²) in [5.74, 6) is 4.98. The van der Waals surface area contributed by atoms with Crippen molar-refractivity contribution in [3.63, 3.8) is 0 Å². The number of hydrogen-bond acceptors (Lipinski definition) is 4. The highest BCUT2D eigenvalue weighted by Gasteiger charge is 2.25. The molecule has 0 radical (unpaired) electrons. The lowest BCUT2D eigenvalue weighted by atomic mass is 10.2. The Labute approximate surface area is 122 Å². The number of nitrogens with one attached hydrogen (secondary N) is 2. The van der Waals surface area contributed by atoms with Gasteiger partial charge in [-0.15, -0.1) is 0 Å². The molecule has 112 valence electrons. The Morgan fingerprint density at radius 1 is 1.40 bits per heavy atom. The number of pyridine rings is 1. The van der Waals surface area contributed by atoms with Gasteiger partial charge < -0.3 is 10.7 Å². The maximum Gasteiger partial charge on any atom is 0.389 e. The number of nitrogens with zero attached hydrogens (tertiary/aromatic N) is 1. The second kappa shape index (κ2) is 7.44. The van der Waals surface area contributed by atoms with E-state index in [1.165, 1.54) is 12.3 Å². The van der Waals surface area contributed by atoms with Gasteiger partial charge in [0, 0.05) is 23.6 Å². The second-order valence-electron chi connectivity index (χ2n) is 4.02. The van der Waals surface area contributed by atoms with Gasteiger partial charge in [0.2, 0.25) is 0 Å². The molecule has 20 heavy (non-hydrogen) atoms. The highest BCUT2D eigenvalue weighted by molar-refractivity contribution is 9.10. The number of hydrazine groups is 1. The molecular weight excluding hydrogens is 341 g/mol. The third-order valence-corrected chi connectivity index (χ3v) is 2.84. The highest BCUT2D eigenvalue weighted by atomic mass is 79.9. The van der Waals surface area contributed by atoms with Crippen LogP contribution in [0.15, 0.2) is 16.7 Å². The molecule has 0 fully saturated rings. The van der Waals surface area contributed by atoms with Crippen LogP contribution < -0.4 is 16.6 Å². The van der Waals surface area contributed by atoms with Crippen molar-refractivity contribution in [2.45, 2.75) is 25.4 Å². The van der Waals surface area contributed by atoms with Crippen LogP contribution >= 0.6 is 15.9 Å². The van der Waals surface area contributed by atoms with E-state index < -0.39 is 18.5 Å². The quantitative estimate of drug-likeness (QED) is 0.416. The minimum absolute atomic E-state index is 0.0253.